The van der Waals surface area contributed by atoms with E-state index in [0.29, 0.717) is 6.07 Å². The van der Waals surface area contributed by atoms with Crippen molar-refractivity contribution in [3.05, 3.63) is 73.8 Å². The molecule has 30 heavy (non-hydrogen) atoms. The maximum atomic E-state index is 14.9. The normalized spacial score (nSPS) is 10.7. The van der Waals surface area contributed by atoms with Crippen LogP contribution in [-0.2, 0) is 6.54 Å². The number of aromatic amines is 1. The zero-order chi connectivity index (χ0) is 22.0. The van der Waals surface area contributed by atoms with E-state index >= 15 is 0 Å². The van der Waals surface area contributed by atoms with Gasteiger partial charge in [0.1, 0.15) is 5.15 Å². The number of H-pyrrole nitrogens is 1. The average Bonchev–Trinajstić information content (AvgIpc) is 3.12. The van der Waals surface area contributed by atoms with Crippen molar-refractivity contribution >= 4 is 40.5 Å². The number of ether oxygens (including phenoxy) is 1. The number of hydrogen-bond donors (Lipinski definition) is 3. The molecule has 4 N–H and O–H groups in total. The lowest BCUT2D eigenvalue weighted by molar-refractivity contribution is -0.385. The minimum atomic E-state index is -1.03. The number of hydrogen-bond acceptors (Lipinski definition) is 6. The third-order valence-electron chi connectivity index (χ3n) is 3.86. The van der Waals surface area contributed by atoms with Crippen molar-refractivity contribution in [1.82, 2.24) is 15.3 Å². The Bertz CT molecular complexity index is 1160. The molecule has 0 saturated heterocycles. The number of amides is 1. The highest BCUT2D eigenvalue weighted by Crippen LogP contribution is 2.39. The lowest BCUT2D eigenvalue weighted by atomic mass is 10.2. The molecule has 1 amide bonds. The number of nitrogen functional groups attached to an aromatic ring is 1. The SMILES string of the molecule is Nc1cc(Oc2c(Cl)ccc(CNC(=O)c3nc[nH]c3Cl)c2F)c([N+](=O)[O-])cc1F. The Morgan fingerprint density at radius 1 is 1.33 bits per heavy atom. The van der Waals surface area contributed by atoms with Crippen LogP contribution in [0.2, 0.25) is 10.2 Å². The molecule has 3 rings (SSSR count). The Kier molecular flexibility index (Phi) is 6.04. The summed E-state index contributed by atoms with van der Waals surface area (Å²) in [6.07, 6.45) is 1.22. The standard InChI is InChI=1S/C17H11Cl2F2N5O4/c18-8-2-1-7(5-23-17(27)14-16(19)25-6-24-14)13(21)15(8)30-12-4-10(22)9(20)3-11(12)26(28)29/h1-4,6H,5,22H2,(H,23,27)(H,24,25). The van der Waals surface area contributed by atoms with Gasteiger partial charge in [0.2, 0.25) is 5.75 Å². The largest absolute Gasteiger partial charge is 0.445 e. The Morgan fingerprint density at radius 2 is 2.07 bits per heavy atom. The summed E-state index contributed by atoms with van der Waals surface area (Å²) in [6, 6.07) is 3.94. The molecule has 0 radical (unpaired) electrons. The molecule has 0 aliphatic carbocycles. The van der Waals surface area contributed by atoms with Crippen molar-refractivity contribution < 1.29 is 23.2 Å². The van der Waals surface area contributed by atoms with Gasteiger partial charge in [0.25, 0.3) is 5.91 Å². The van der Waals surface area contributed by atoms with Gasteiger partial charge in [-0.3, -0.25) is 14.9 Å². The van der Waals surface area contributed by atoms with Gasteiger partial charge in [0.05, 0.1) is 28.0 Å². The summed E-state index contributed by atoms with van der Waals surface area (Å²) in [5, 5.41) is 13.4. The quantitative estimate of drug-likeness (QED) is 0.288. The molecule has 1 heterocycles. The molecule has 0 bridgehead atoms. The first kappa shape index (κ1) is 21.3. The fourth-order valence-electron chi connectivity index (χ4n) is 2.39. The lowest BCUT2D eigenvalue weighted by Gasteiger charge is -2.13. The summed E-state index contributed by atoms with van der Waals surface area (Å²) in [4.78, 5) is 28.5. The zero-order valence-electron chi connectivity index (χ0n) is 14.7. The molecule has 13 heteroatoms. The molecule has 3 aromatic rings. The molecule has 1 aromatic heterocycles. The maximum Gasteiger partial charge on any atom is 0.314 e. The smallest absolute Gasteiger partial charge is 0.314 e. The number of nitro benzene ring substituents is 1. The van der Waals surface area contributed by atoms with Crippen LogP contribution in [0.15, 0.2) is 30.6 Å². The second-order valence-electron chi connectivity index (χ2n) is 5.80. The Hall–Kier alpha value is -3.44. The van der Waals surface area contributed by atoms with Crippen molar-refractivity contribution in [3.63, 3.8) is 0 Å². The summed E-state index contributed by atoms with van der Waals surface area (Å²) in [5.74, 6) is -3.76. The first-order chi connectivity index (χ1) is 14.2. The first-order valence-corrected chi connectivity index (χ1v) is 8.79. The van der Waals surface area contributed by atoms with Gasteiger partial charge in [-0.2, -0.15) is 0 Å². The number of nitrogens with one attached hydrogen (secondary N) is 2. The second-order valence-corrected chi connectivity index (χ2v) is 6.58. The number of nitrogens with two attached hydrogens (primary N) is 1. The van der Waals surface area contributed by atoms with E-state index < -0.39 is 45.3 Å². The molecule has 0 atom stereocenters. The lowest BCUT2D eigenvalue weighted by Crippen LogP contribution is -2.24. The van der Waals surface area contributed by atoms with Crippen LogP contribution in [0.5, 0.6) is 11.5 Å². The third kappa shape index (κ3) is 4.26. The number of imidazole rings is 1. The van der Waals surface area contributed by atoms with E-state index in [2.05, 4.69) is 15.3 Å². The summed E-state index contributed by atoms with van der Waals surface area (Å²) in [6.45, 7) is -0.297. The molecule has 2 aromatic carbocycles. The number of aromatic nitrogens is 2. The predicted octanol–water partition coefficient (Wildman–Crippen LogP) is 4.21. The van der Waals surface area contributed by atoms with Gasteiger partial charge in [0, 0.05) is 18.2 Å². The first-order valence-electron chi connectivity index (χ1n) is 8.04. The predicted molar refractivity (Wildman–Crippen MR) is 104 cm³/mol. The molecule has 0 saturated carbocycles. The molecule has 0 aliphatic rings. The van der Waals surface area contributed by atoms with Crippen LogP contribution >= 0.6 is 23.2 Å². The molecule has 0 fully saturated rings. The highest BCUT2D eigenvalue weighted by atomic mass is 35.5. The summed E-state index contributed by atoms with van der Waals surface area (Å²) >= 11 is 11.7. The van der Waals surface area contributed by atoms with Gasteiger partial charge in [0.15, 0.2) is 23.1 Å². The van der Waals surface area contributed by atoms with Crippen LogP contribution in [0, 0.1) is 21.7 Å². The van der Waals surface area contributed by atoms with Gasteiger partial charge >= 0.3 is 5.69 Å². The van der Waals surface area contributed by atoms with E-state index in [0.717, 1.165) is 6.07 Å². The molecular weight excluding hydrogens is 447 g/mol. The van der Waals surface area contributed by atoms with E-state index in [1.807, 2.05) is 0 Å². The number of rotatable bonds is 6. The Morgan fingerprint density at radius 3 is 2.70 bits per heavy atom. The van der Waals surface area contributed by atoms with Gasteiger partial charge in [-0.25, -0.2) is 13.8 Å². The van der Waals surface area contributed by atoms with Crippen LogP contribution in [-0.4, -0.2) is 20.8 Å². The van der Waals surface area contributed by atoms with Crippen LogP contribution in [0.4, 0.5) is 20.2 Å². The summed E-state index contributed by atoms with van der Waals surface area (Å²) in [7, 11) is 0. The summed E-state index contributed by atoms with van der Waals surface area (Å²) in [5.41, 5.74) is 4.07. The monoisotopic (exact) mass is 457 g/mol. The topological polar surface area (TPSA) is 136 Å². The van der Waals surface area contributed by atoms with E-state index in [-0.39, 0.29) is 28.0 Å². The van der Waals surface area contributed by atoms with Gasteiger partial charge in [-0.05, 0) is 6.07 Å². The zero-order valence-corrected chi connectivity index (χ0v) is 16.2. The fraction of sp³-hybridized carbons (Fsp3) is 0.0588. The van der Waals surface area contributed by atoms with Crippen molar-refractivity contribution in [1.29, 1.82) is 0 Å². The van der Waals surface area contributed by atoms with E-state index in [9.17, 15) is 23.7 Å². The van der Waals surface area contributed by atoms with E-state index in [4.69, 9.17) is 33.7 Å². The van der Waals surface area contributed by atoms with Gasteiger partial charge < -0.3 is 20.8 Å². The number of nitro groups is 1. The Balaban J connectivity index is 1.89. The molecule has 9 nitrogen and oxygen atoms in total. The number of anilines is 1. The third-order valence-corrected chi connectivity index (χ3v) is 4.45. The van der Waals surface area contributed by atoms with E-state index in [1.54, 1.807) is 0 Å². The number of halogens is 4. The number of benzene rings is 2. The van der Waals surface area contributed by atoms with Crippen molar-refractivity contribution in [2.45, 2.75) is 6.54 Å². The summed E-state index contributed by atoms with van der Waals surface area (Å²) < 4.78 is 33.7. The number of nitrogens with zero attached hydrogens (tertiary/aromatic N) is 2. The highest BCUT2D eigenvalue weighted by molar-refractivity contribution is 6.32. The van der Waals surface area contributed by atoms with Crippen LogP contribution in [0.3, 0.4) is 0 Å². The number of carbonyl (C=O) groups excluding carboxylic acids is 1. The highest BCUT2D eigenvalue weighted by Gasteiger charge is 2.23. The molecule has 0 aliphatic heterocycles. The van der Waals surface area contributed by atoms with Crippen molar-refractivity contribution in [3.8, 4) is 11.5 Å². The van der Waals surface area contributed by atoms with Gasteiger partial charge in [-0.15, -0.1) is 0 Å². The van der Waals surface area contributed by atoms with Crippen molar-refractivity contribution in [2.24, 2.45) is 0 Å². The molecule has 0 unspecified atom stereocenters. The van der Waals surface area contributed by atoms with Crippen LogP contribution in [0.25, 0.3) is 0 Å². The molecule has 156 valence electrons. The maximum absolute atomic E-state index is 14.9. The second kappa shape index (κ2) is 8.51. The van der Waals surface area contributed by atoms with Gasteiger partial charge in [-0.1, -0.05) is 29.3 Å². The molecular formula is C17H11Cl2F2N5O4. The minimum absolute atomic E-state index is 0.00862. The minimum Gasteiger partial charge on any atom is -0.445 e. The van der Waals surface area contributed by atoms with Crippen LogP contribution in [0.1, 0.15) is 16.1 Å². The fourth-order valence-corrected chi connectivity index (χ4v) is 2.76. The number of carbonyl (C=O) groups is 1. The average molecular weight is 458 g/mol. The Labute approximate surface area is 176 Å². The molecule has 0 spiro atoms. The van der Waals surface area contributed by atoms with Crippen LogP contribution < -0.4 is 15.8 Å². The van der Waals surface area contributed by atoms with E-state index in [1.165, 1.54) is 18.5 Å². The van der Waals surface area contributed by atoms with Crippen molar-refractivity contribution in [2.75, 3.05) is 5.73 Å².